The fraction of sp³-hybridized carbons (Fsp3) is 0.440. The third kappa shape index (κ3) is 4.42. The predicted molar refractivity (Wildman–Crippen MR) is 217 cm³/mol. The van der Waals surface area contributed by atoms with Gasteiger partial charge in [-0.25, -0.2) is 0 Å². The number of benzene rings is 4. The summed E-state index contributed by atoms with van der Waals surface area (Å²) in [6.45, 7) is 24.4. The molecular formula is C50H58. The van der Waals surface area contributed by atoms with Crippen molar-refractivity contribution in [3.8, 4) is 11.1 Å². The summed E-state index contributed by atoms with van der Waals surface area (Å²) in [5.74, 6) is 2.53. The molecule has 0 fully saturated rings. The van der Waals surface area contributed by atoms with Crippen LogP contribution in [0.5, 0.6) is 0 Å². The molecule has 0 saturated heterocycles. The molecular weight excluding hydrogens is 601 g/mol. The number of rotatable bonds is 8. The second-order valence-corrected chi connectivity index (χ2v) is 17.3. The van der Waals surface area contributed by atoms with Crippen LogP contribution in [0.2, 0.25) is 0 Å². The first-order valence-electron chi connectivity index (χ1n) is 20.0. The van der Waals surface area contributed by atoms with Crippen LogP contribution >= 0.6 is 0 Å². The summed E-state index contributed by atoms with van der Waals surface area (Å²) in [6.07, 6.45) is 11.3. The average Bonchev–Trinajstić information content (AvgIpc) is 3.70. The van der Waals surface area contributed by atoms with E-state index in [0.717, 1.165) is 6.42 Å². The Labute approximate surface area is 302 Å². The van der Waals surface area contributed by atoms with Gasteiger partial charge < -0.3 is 0 Å². The van der Waals surface area contributed by atoms with Gasteiger partial charge in [-0.3, -0.25) is 0 Å². The van der Waals surface area contributed by atoms with Crippen molar-refractivity contribution in [1.82, 2.24) is 0 Å². The molecule has 0 heteroatoms. The number of hydrogen-bond donors (Lipinski definition) is 0. The molecule has 0 bridgehead atoms. The molecule has 0 amide bonds. The van der Waals surface area contributed by atoms with Crippen LogP contribution in [0.25, 0.3) is 33.0 Å². The van der Waals surface area contributed by atoms with Crippen LogP contribution in [0.1, 0.15) is 140 Å². The van der Waals surface area contributed by atoms with Gasteiger partial charge in [-0.05, 0) is 133 Å². The predicted octanol–water partition coefficient (Wildman–Crippen LogP) is 14.0. The van der Waals surface area contributed by atoms with Crippen LogP contribution in [-0.4, -0.2) is 0 Å². The van der Waals surface area contributed by atoms with Gasteiger partial charge in [0.25, 0.3) is 0 Å². The molecule has 0 saturated carbocycles. The normalized spacial score (nSPS) is 21.4. The smallest absolute Gasteiger partial charge is 0.0474 e. The van der Waals surface area contributed by atoms with Gasteiger partial charge in [0.05, 0.1) is 0 Å². The maximum Gasteiger partial charge on any atom is 0.0474 e. The Kier molecular flexibility index (Phi) is 8.02. The maximum absolute atomic E-state index is 2.84. The Bertz CT molecular complexity index is 2110. The Hall–Kier alpha value is -3.64. The molecule has 0 heterocycles. The molecule has 2 unspecified atom stereocenters. The zero-order chi connectivity index (χ0) is 35.3. The van der Waals surface area contributed by atoms with Crippen LogP contribution in [0.3, 0.4) is 0 Å². The fourth-order valence-electron chi connectivity index (χ4n) is 11.5. The zero-order valence-corrected chi connectivity index (χ0v) is 32.4. The van der Waals surface area contributed by atoms with E-state index in [1.54, 1.807) is 44.5 Å². The lowest BCUT2D eigenvalue weighted by Crippen LogP contribution is -2.42. The van der Waals surface area contributed by atoms with Crippen LogP contribution < -0.4 is 0 Å². The molecule has 0 aliphatic heterocycles. The minimum Gasteiger partial charge on any atom is -0.0654 e. The summed E-state index contributed by atoms with van der Waals surface area (Å²) in [6, 6.07) is 26.8. The first-order chi connectivity index (χ1) is 24.0. The third-order valence-corrected chi connectivity index (χ3v) is 13.7. The van der Waals surface area contributed by atoms with E-state index in [0.29, 0.717) is 29.6 Å². The highest BCUT2D eigenvalue weighted by molar-refractivity contribution is 6.10. The van der Waals surface area contributed by atoms with E-state index in [1.165, 1.54) is 64.3 Å². The van der Waals surface area contributed by atoms with Crippen molar-refractivity contribution in [2.75, 3.05) is 0 Å². The summed E-state index contributed by atoms with van der Waals surface area (Å²) in [5.41, 5.74) is 19.7. The highest BCUT2D eigenvalue weighted by Crippen LogP contribution is 2.67. The Morgan fingerprint density at radius 2 is 1.42 bits per heavy atom. The standard InChI is InChI=1S/C50H58/c1-11-31(12-2)36-27-41(32(13-3)14-4)45(30(7)8)50(28-36)43-24-23-39-42-26-34-17-15-16-18-37(34)46(42)49(9,10)48(39)44(43)40-22-20-35-25-33(29(5)6)19-21-38(35)47(40)50/h15-25,27-32,45H,11-14,26H2,1-10H3. The minimum atomic E-state index is -0.224. The molecule has 258 valence electrons. The molecule has 0 aromatic heterocycles. The Balaban J connectivity index is 1.51. The largest absolute Gasteiger partial charge is 0.0654 e. The molecule has 0 radical (unpaired) electrons. The van der Waals surface area contributed by atoms with Crippen LogP contribution in [-0.2, 0) is 17.3 Å². The average molecular weight is 659 g/mol. The summed E-state index contributed by atoms with van der Waals surface area (Å²) in [4.78, 5) is 0. The van der Waals surface area contributed by atoms with Crippen molar-refractivity contribution in [1.29, 1.82) is 0 Å². The van der Waals surface area contributed by atoms with Crippen molar-refractivity contribution < 1.29 is 0 Å². The highest BCUT2D eigenvalue weighted by atomic mass is 14.6. The summed E-state index contributed by atoms with van der Waals surface area (Å²) >= 11 is 0. The van der Waals surface area contributed by atoms with Gasteiger partial charge >= 0.3 is 0 Å². The number of hydrogen-bond acceptors (Lipinski definition) is 0. The molecule has 50 heavy (non-hydrogen) atoms. The van der Waals surface area contributed by atoms with Crippen molar-refractivity contribution in [2.45, 2.75) is 118 Å². The maximum atomic E-state index is 2.84. The summed E-state index contributed by atoms with van der Waals surface area (Å²) in [7, 11) is 0. The Morgan fingerprint density at radius 3 is 2.10 bits per heavy atom. The van der Waals surface area contributed by atoms with Gasteiger partial charge in [0.15, 0.2) is 0 Å². The Morgan fingerprint density at radius 1 is 0.720 bits per heavy atom. The molecule has 8 rings (SSSR count). The number of fused-ring (bicyclic) bond motifs is 12. The van der Waals surface area contributed by atoms with Gasteiger partial charge in [0.1, 0.15) is 0 Å². The minimum absolute atomic E-state index is 0.0835. The molecule has 2 atom stereocenters. The van der Waals surface area contributed by atoms with Gasteiger partial charge in [-0.2, -0.15) is 0 Å². The van der Waals surface area contributed by atoms with Gasteiger partial charge in [-0.15, -0.1) is 0 Å². The molecule has 4 aromatic rings. The highest BCUT2D eigenvalue weighted by Gasteiger charge is 2.55. The molecule has 4 aromatic carbocycles. The quantitative estimate of drug-likeness (QED) is 0.177. The van der Waals surface area contributed by atoms with E-state index in [2.05, 4.69) is 148 Å². The van der Waals surface area contributed by atoms with E-state index < -0.39 is 0 Å². The second-order valence-electron chi connectivity index (χ2n) is 17.3. The number of allylic oxidation sites excluding steroid dienone is 6. The third-order valence-electron chi connectivity index (χ3n) is 13.7. The fourth-order valence-corrected chi connectivity index (χ4v) is 11.5. The van der Waals surface area contributed by atoms with Crippen LogP contribution in [0, 0.1) is 23.7 Å². The first kappa shape index (κ1) is 33.5. The van der Waals surface area contributed by atoms with E-state index in [4.69, 9.17) is 0 Å². The van der Waals surface area contributed by atoms with Crippen molar-refractivity contribution in [2.24, 2.45) is 23.7 Å². The lowest BCUT2D eigenvalue weighted by atomic mass is 9.55. The zero-order valence-electron chi connectivity index (χ0n) is 32.4. The van der Waals surface area contributed by atoms with Gasteiger partial charge in [0.2, 0.25) is 0 Å². The molecule has 0 nitrogen and oxygen atoms in total. The molecule has 4 aliphatic rings. The van der Waals surface area contributed by atoms with E-state index in [9.17, 15) is 0 Å². The van der Waals surface area contributed by atoms with Crippen molar-refractivity contribution >= 4 is 21.9 Å². The summed E-state index contributed by atoms with van der Waals surface area (Å²) in [5, 5.41) is 2.85. The van der Waals surface area contributed by atoms with Crippen LogP contribution in [0.4, 0.5) is 0 Å². The lowest BCUT2D eigenvalue weighted by Gasteiger charge is -2.47. The monoisotopic (exact) mass is 658 g/mol. The first-order valence-corrected chi connectivity index (χ1v) is 20.0. The summed E-state index contributed by atoms with van der Waals surface area (Å²) < 4.78 is 0. The molecule has 0 N–H and O–H groups in total. The SMILES string of the molecule is CCC(CC)C1=CC2(c3ccc4c(c3-c3ccc5cc(C(C)C)ccc5c32)C(C)(C)C2=C4Cc3ccccc32)C(C(C)C)C(C(CC)CC)=C1. The second kappa shape index (κ2) is 12.0. The molecule has 1 spiro atoms. The van der Waals surface area contributed by atoms with Gasteiger partial charge in [0, 0.05) is 16.7 Å². The molecule has 4 aliphatic carbocycles. The van der Waals surface area contributed by atoms with E-state index in [1.807, 2.05) is 0 Å². The topological polar surface area (TPSA) is 0 Å². The van der Waals surface area contributed by atoms with Crippen molar-refractivity contribution in [3.05, 3.63) is 129 Å². The van der Waals surface area contributed by atoms with E-state index >= 15 is 0 Å². The lowest BCUT2D eigenvalue weighted by molar-refractivity contribution is 0.298. The van der Waals surface area contributed by atoms with Crippen molar-refractivity contribution in [3.63, 3.8) is 0 Å². The van der Waals surface area contributed by atoms with Crippen LogP contribution in [0.15, 0.2) is 90.0 Å². The van der Waals surface area contributed by atoms with E-state index in [-0.39, 0.29) is 10.8 Å². The van der Waals surface area contributed by atoms with Gasteiger partial charge in [-0.1, -0.05) is 154 Å².